The third-order valence-corrected chi connectivity index (χ3v) is 3.59. The molecular formula is C19H36N2O6. The maximum absolute atomic E-state index is 11.6. The highest BCUT2D eigenvalue weighted by molar-refractivity contribution is 5.87. The summed E-state index contributed by atoms with van der Waals surface area (Å²) in [6.45, 7) is 2.71. The summed E-state index contributed by atoms with van der Waals surface area (Å²) >= 11 is 0. The normalized spacial score (nSPS) is 11.0. The lowest BCUT2D eigenvalue weighted by atomic mass is 10.1. The molecule has 0 aromatic carbocycles. The molecule has 0 aromatic rings. The lowest BCUT2D eigenvalue weighted by Crippen LogP contribution is -2.27. The molecule has 8 nitrogen and oxygen atoms in total. The predicted molar refractivity (Wildman–Crippen MR) is 103 cm³/mol. The third-order valence-electron chi connectivity index (χ3n) is 3.59. The van der Waals surface area contributed by atoms with Crippen LogP contribution in [0.5, 0.6) is 0 Å². The molecule has 0 aliphatic heterocycles. The quantitative estimate of drug-likeness (QED) is 0.189. The summed E-state index contributed by atoms with van der Waals surface area (Å²) in [6.07, 6.45) is 9.22. The maximum Gasteiger partial charge on any atom is 0.243 e. The van der Waals surface area contributed by atoms with E-state index in [0.29, 0.717) is 52.4 Å². The van der Waals surface area contributed by atoms with Gasteiger partial charge in [-0.25, -0.2) is 0 Å². The van der Waals surface area contributed by atoms with Gasteiger partial charge in [-0.05, 0) is 31.8 Å². The molecule has 0 aromatic heterocycles. The first kappa shape index (κ1) is 25.5. The molecule has 0 saturated carbocycles. The largest absolute Gasteiger partial charge is 0.396 e. The molecule has 158 valence electrons. The van der Waals surface area contributed by atoms with E-state index in [2.05, 4.69) is 10.6 Å². The van der Waals surface area contributed by atoms with E-state index in [-0.39, 0.29) is 25.0 Å². The van der Waals surface area contributed by atoms with Crippen LogP contribution in [0.15, 0.2) is 12.2 Å². The minimum absolute atomic E-state index is 0.00507. The Balaban J connectivity index is 3.36. The molecule has 0 heterocycles. The van der Waals surface area contributed by atoms with Gasteiger partial charge < -0.3 is 30.3 Å². The second kappa shape index (κ2) is 20.8. The number of nitrogens with one attached hydrogen (secondary N) is 2. The average molecular weight is 389 g/mol. The molecule has 0 rings (SSSR count). The fourth-order valence-corrected chi connectivity index (χ4v) is 2.18. The van der Waals surface area contributed by atoms with Crippen LogP contribution in [0, 0.1) is 0 Å². The second-order valence-corrected chi connectivity index (χ2v) is 6.02. The van der Waals surface area contributed by atoms with Crippen molar-refractivity contribution in [3.8, 4) is 0 Å². The van der Waals surface area contributed by atoms with Gasteiger partial charge in [-0.15, -0.1) is 0 Å². The molecule has 27 heavy (non-hydrogen) atoms. The average Bonchev–Trinajstić information content (AvgIpc) is 2.66. The van der Waals surface area contributed by atoms with Gasteiger partial charge in [-0.2, -0.15) is 0 Å². The van der Waals surface area contributed by atoms with Crippen LogP contribution in [0.2, 0.25) is 0 Å². The molecular weight excluding hydrogens is 352 g/mol. The van der Waals surface area contributed by atoms with E-state index in [1.54, 1.807) is 6.08 Å². The van der Waals surface area contributed by atoms with Gasteiger partial charge in [-0.3, -0.25) is 9.59 Å². The minimum Gasteiger partial charge on any atom is -0.396 e. The molecule has 0 radical (unpaired) electrons. The van der Waals surface area contributed by atoms with Crippen molar-refractivity contribution in [2.45, 2.75) is 44.9 Å². The van der Waals surface area contributed by atoms with Crippen LogP contribution in [0.1, 0.15) is 44.9 Å². The Morgan fingerprint density at radius 1 is 0.778 bits per heavy atom. The zero-order chi connectivity index (χ0) is 20.0. The fraction of sp³-hybridized carbons (Fsp3) is 0.789. The molecule has 0 saturated heterocycles. The van der Waals surface area contributed by atoms with E-state index in [9.17, 15) is 9.59 Å². The Hall–Kier alpha value is -1.48. The number of carbonyl (C=O) groups excluding carboxylic acids is 2. The van der Waals surface area contributed by atoms with Crippen molar-refractivity contribution in [3.63, 3.8) is 0 Å². The smallest absolute Gasteiger partial charge is 0.243 e. The highest BCUT2D eigenvalue weighted by Gasteiger charge is 2.00. The van der Waals surface area contributed by atoms with Crippen molar-refractivity contribution in [2.75, 3.05) is 52.7 Å². The number of rotatable bonds is 19. The molecule has 0 aliphatic carbocycles. The molecule has 0 aliphatic rings. The van der Waals surface area contributed by atoms with Crippen LogP contribution >= 0.6 is 0 Å². The van der Waals surface area contributed by atoms with Crippen LogP contribution in [-0.4, -0.2) is 74.8 Å². The molecule has 0 unspecified atom stereocenters. The second-order valence-electron chi connectivity index (χ2n) is 6.02. The Bertz CT molecular complexity index is 390. The Kier molecular flexibility index (Phi) is 19.7. The highest BCUT2D eigenvalue weighted by Crippen LogP contribution is 2.05. The SMILES string of the molecule is O=C(/C=C/CCCCCCC(=O)NCCOCCO)NCCOCCCO. The third kappa shape index (κ3) is 20.7. The number of aliphatic hydroxyl groups is 2. The van der Waals surface area contributed by atoms with Gasteiger partial charge in [0.1, 0.15) is 0 Å². The first-order valence-corrected chi connectivity index (χ1v) is 9.79. The van der Waals surface area contributed by atoms with E-state index in [4.69, 9.17) is 19.7 Å². The summed E-state index contributed by atoms with van der Waals surface area (Å²) in [5, 5.41) is 22.6. The summed E-state index contributed by atoms with van der Waals surface area (Å²) in [4.78, 5) is 23.1. The summed E-state index contributed by atoms with van der Waals surface area (Å²) in [7, 11) is 0. The van der Waals surface area contributed by atoms with Gasteiger partial charge in [0, 0.05) is 32.7 Å². The van der Waals surface area contributed by atoms with Gasteiger partial charge in [0.25, 0.3) is 0 Å². The van der Waals surface area contributed by atoms with Crippen LogP contribution in [0.3, 0.4) is 0 Å². The fourth-order valence-electron chi connectivity index (χ4n) is 2.18. The number of hydrogen-bond donors (Lipinski definition) is 4. The number of aliphatic hydroxyl groups excluding tert-OH is 2. The first-order valence-electron chi connectivity index (χ1n) is 9.79. The van der Waals surface area contributed by atoms with Crippen LogP contribution in [0.25, 0.3) is 0 Å². The van der Waals surface area contributed by atoms with E-state index in [0.717, 1.165) is 32.1 Å². The molecule has 2 amide bonds. The molecule has 8 heteroatoms. The lowest BCUT2D eigenvalue weighted by molar-refractivity contribution is -0.121. The van der Waals surface area contributed by atoms with E-state index < -0.39 is 0 Å². The molecule has 0 spiro atoms. The topological polar surface area (TPSA) is 117 Å². The van der Waals surface area contributed by atoms with E-state index in [1.807, 2.05) is 6.08 Å². The van der Waals surface area contributed by atoms with Gasteiger partial charge in [0.05, 0.1) is 26.4 Å². The molecule has 0 atom stereocenters. The van der Waals surface area contributed by atoms with Crippen LogP contribution in [0.4, 0.5) is 0 Å². The van der Waals surface area contributed by atoms with Gasteiger partial charge >= 0.3 is 0 Å². The minimum atomic E-state index is -0.125. The van der Waals surface area contributed by atoms with Gasteiger partial charge in [0.2, 0.25) is 11.8 Å². The zero-order valence-corrected chi connectivity index (χ0v) is 16.3. The van der Waals surface area contributed by atoms with Crippen molar-refractivity contribution in [1.82, 2.24) is 10.6 Å². The van der Waals surface area contributed by atoms with E-state index in [1.165, 1.54) is 0 Å². The predicted octanol–water partition coefficient (Wildman–Crippen LogP) is 0.524. The van der Waals surface area contributed by atoms with Crippen molar-refractivity contribution in [3.05, 3.63) is 12.2 Å². The Labute approximate surface area is 162 Å². The molecule has 0 bridgehead atoms. The van der Waals surface area contributed by atoms with Crippen molar-refractivity contribution in [1.29, 1.82) is 0 Å². The van der Waals surface area contributed by atoms with Crippen molar-refractivity contribution in [2.24, 2.45) is 0 Å². The zero-order valence-electron chi connectivity index (χ0n) is 16.3. The van der Waals surface area contributed by atoms with Crippen molar-refractivity contribution >= 4 is 11.8 Å². The monoisotopic (exact) mass is 388 g/mol. The number of hydrogen-bond acceptors (Lipinski definition) is 6. The van der Waals surface area contributed by atoms with Crippen LogP contribution in [-0.2, 0) is 19.1 Å². The maximum atomic E-state index is 11.6. The number of ether oxygens (including phenoxy) is 2. The molecule has 0 fully saturated rings. The summed E-state index contributed by atoms with van der Waals surface area (Å²) in [5.74, 6) is -0.0973. The van der Waals surface area contributed by atoms with Crippen LogP contribution < -0.4 is 10.6 Å². The number of carbonyl (C=O) groups is 2. The first-order chi connectivity index (χ1) is 13.2. The Morgan fingerprint density at radius 3 is 2.22 bits per heavy atom. The summed E-state index contributed by atoms with van der Waals surface area (Å²) < 4.78 is 10.3. The number of unbranched alkanes of at least 4 members (excludes halogenated alkanes) is 4. The summed E-state index contributed by atoms with van der Waals surface area (Å²) in [5.41, 5.74) is 0. The number of allylic oxidation sites excluding steroid dienone is 1. The Morgan fingerprint density at radius 2 is 1.48 bits per heavy atom. The van der Waals surface area contributed by atoms with Gasteiger partial charge in [-0.1, -0.05) is 18.9 Å². The lowest BCUT2D eigenvalue weighted by Gasteiger charge is -2.05. The number of amides is 2. The van der Waals surface area contributed by atoms with E-state index >= 15 is 0 Å². The standard InChI is InChI=1S/C19H36N2O6/c22-12-7-14-26-15-10-20-18(24)8-5-3-1-2-4-6-9-19(25)21-11-16-27-17-13-23/h5,8,22-23H,1-4,6-7,9-17H2,(H,20,24)(H,21,25)/b8-5+. The highest BCUT2D eigenvalue weighted by atomic mass is 16.5. The molecule has 4 N–H and O–H groups in total. The van der Waals surface area contributed by atoms with Gasteiger partial charge in [0.15, 0.2) is 0 Å². The summed E-state index contributed by atoms with van der Waals surface area (Å²) in [6, 6.07) is 0. The van der Waals surface area contributed by atoms with Crippen molar-refractivity contribution < 1.29 is 29.3 Å².